The Morgan fingerprint density at radius 3 is 2.57 bits per heavy atom. The van der Waals surface area contributed by atoms with Gasteiger partial charge in [-0.15, -0.1) is 0 Å². The summed E-state index contributed by atoms with van der Waals surface area (Å²) in [6.45, 7) is 0. The molecule has 1 aromatic carbocycles. The van der Waals surface area contributed by atoms with Crippen molar-refractivity contribution < 1.29 is 17.6 Å². The third-order valence-electron chi connectivity index (χ3n) is 2.47. The summed E-state index contributed by atoms with van der Waals surface area (Å²) in [6.07, 6.45) is 0. The van der Waals surface area contributed by atoms with E-state index in [1.165, 1.54) is 30.3 Å². The summed E-state index contributed by atoms with van der Waals surface area (Å²) in [7, 11) is -3.83. The second kappa shape index (κ2) is 5.88. The van der Waals surface area contributed by atoms with Gasteiger partial charge in [-0.3, -0.25) is 4.79 Å². The second-order valence-corrected chi connectivity index (χ2v) is 6.40. The number of amides is 1. The van der Waals surface area contributed by atoms with Gasteiger partial charge in [0.1, 0.15) is 5.69 Å². The molecule has 1 heterocycles. The Labute approximate surface area is 128 Å². The lowest BCUT2D eigenvalue weighted by molar-refractivity contribution is 0.102. The van der Waals surface area contributed by atoms with Gasteiger partial charge in [-0.05, 0) is 46.3 Å². The van der Waals surface area contributed by atoms with Crippen molar-refractivity contribution in [1.82, 2.24) is 4.98 Å². The molecule has 0 saturated carbocycles. The van der Waals surface area contributed by atoms with Gasteiger partial charge >= 0.3 is 0 Å². The smallest absolute Gasteiger partial charge is 0.274 e. The Morgan fingerprint density at radius 2 is 2.00 bits per heavy atom. The minimum absolute atomic E-state index is 0.0996. The summed E-state index contributed by atoms with van der Waals surface area (Å²) in [6, 6.07) is 7.69. The Hall–Kier alpha value is -1.84. The van der Waals surface area contributed by atoms with Gasteiger partial charge < -0.3 is 5.32 Å². The molecular formula is C12H9BrFN3O3S. The van der Waals surface area contributed by atoms with Crippen molar-refractivity contribution in [2.75, 3.05) is 5.32 Å². The van der Waals surface area contributed by atoms with Gasteiger partial charge in [0.05, 0.1) is 10.6 Å². The molecule has 6 nitrogen and oxygen atoms in total. The van der Waals surface area contributed by atoms with Crippen LogP contribution in [0.2, 0.25) is 0 Å². The number of hydrogen-bond acceptors (Lipinski definition) is 4. The van der Waals surface area contributed by atoms with Crippen LogP contribution < -0.4 is 10.5 Å². The maximum absolute atomic E-state index is 12.9. The average molecular weight is 374 g/mol. The van der Waals surface area contributed by atoms with Gasteiger partial charge in [-0.25, -0.2) is 18.5 Å². The largest absolute Gasteiger partial charge is 0.320 e. The fourth-order valence-electron chi connectivity index (χ4n) is 1.50. The number of rotatable bonds is 3. The first-order valence-electron chi connectivity index (χ1n) is 5.53. The number of aromatic nitrogens is 1. The van der Waals surface area contributed by atoms with Crippen molar-refractivity contribution in [2.24, 2.45) is 5.14 Å². The molecular weight excluding hydrogens is 365 g/mol. The van der Waals surface area contributed by atoms with E-state index in [2.05, 4.69) is 26.2 Å². The summed E-state index contributed by atoms with van der Waals surface area (Å²) in [4.78, 5) is 15.2. The SMILES string of the molecule is NS(=O)(=O)c1ccc(NC(=O)c2cccc(F)n2)c(Br)c1. The minimum Gasteiger partial charge on any atom is -0.320 e. The first-order chi connectivity index (χ1) is 9.77. The number of carbonyl (C=O) groups excluding carboxylic acids is 1. The van der Waals surface area contributed by atoms with Crippen molar-refractivity contribution in [1.29, 1.82) is 0 Å². The number of primary sulfonamides is 1. The van der Waals surface area contributed by atoms with E-state index in [-0.39, 0.29) is 10.6 Å². The second-order valence-electron chi connectivity index (χ2n) is 3.99. The summed E-state index contributed by atoms with van der Waals surface area (Å²) < 4.78 is 35.7. The lowest BCUT2D eigenvalue weighted by Gasteiger charge is -2.08. The van der Waals surface area contributed by atoms with Crippen molar-refractivity contribution in [3.8, 4) is 0 Å². The molecule has 2 aromatic rings. The molecule has 0 bridgehead atoms. The van der Waals surface area contributed by atoms with E-state index < -0.39 is 21.9 Å². The maximum Gasteiger partial charge on any atom is 0.274 e. The standard InChI is InChI=1S/C12H9BrFN3O3S/c13-8-6-7(21(15,19)20)4-5-9(8)17-12(18)10-2-1-3-11(14)16-10/h1-6H,(H,17,18)(H2,15,19,20). The van der Waals surface area contributed by atoms with E-state index in [1.54, 1.807) is 0 Å². The molecule has 0 fully saturated rings. The van der Waals surface area contributed by atoms with Crippen LogP contribution >= 0.6 is 15.9 Å². The van der Waals surface area contributed by atoms with Crippen molar-refractivity contribution in [2.45, 2.75) is 4.90 Å². The molecule has 1 aromatic heterocycles. The highest BCUT2D eigenvalue weighted by Gasteiger charge is 2.13. The third kappa shape index (κ3) is 3.84. The van der Waals surface area contributed by atoms with Crippen LogP contribution in [0.15, 0.2) is 45.8 Å². The molecule has 0 aliphatic heterocycles. The monoisotopic (exact) mass is 373 g/mol. The first kappa shape index (κ1) is 15.5. The number of anilines is 1. The van der Waals surface area contributed by atoms with Crippen LogP contribution in [0.1, 0.15) is 10.5 Å². The van der Waals surface area contributed by atoms with Crippen LogP contribution in [0.25, 0.3) is 0 Å². The van der Waals surface area contributed by atoms with Crippen molar-refractivity contribution >= 4 is 37.5 Å². The Bertz CT molecular complexity index is 811. The molecule has 0 saturated heterocycles. The topological polar surface area (TPSA) is 102 Å². The molecule has 2 rings (SSSR count). The number of pyridine rings is 1. The lowest BCUT2D eigenvalue weighted by atomic mass is 10.3. The van der Waals surface area contributed by atoms with Crippen LogP contribution in [-0.2, 0) is 10.0 Å². The fraction of sp³-hybridized carbons (Fsp3) is 0. The number of nitrogens with zero attached hydrogens (tertiary/aromatic N) is 1. The number of nitrogens with one attached hydrogen (secondary N) is 1. The quantitative estimate of drug-likeness (QED) is 0.801. The molecule has 0 atom stereocenters. The Kier molecular flexibility index (Phi) is 4.35. The van der Waals surface area contributed by atoms with Gasteiger partial charge in [0.25, 0.3) is 5.91 Å². The molecule has 1 amide bonds. The minimum atomic E-state index is -3.83. The van der Waals surface area contributed by atoms with Crippen molar-refractivity contribution in [3.63, 3.8) is 0 Å². The van der Waals surface area contributed by atoms with E-state index in [1.807, 2.05) is 0 Å². The highest BCUT2D eigenvalue weighted by molar-refractivity contribution is 9.10. The fourth-order valence-corrected chi connectivity index (χ4v) is 2.66. The van der Waals surface area contributed by atoms with Gasteiger partial charge in [-0.1, -0.05) is 6.07 Å². The zero-order valence-corrected chi connectivity index (χ0v) is 12.8. The maximum atomic E-state index is 12.9. The van der Waals surface area contributed by atoms with E-state index in [9.17, 15) is 17.6 Å². The molecule has 0 aliphatic carbocycles. The average Bonchev–Trinajstić information content (AvgIpc) is 2.39. The first-order valence-corrected chi connectivity index (χ1v) is 7.87. The summed E-state index contributed by atoms with van der Waals surface area (Å²) in [5.74, 6) is -1.40. The molecule has 3 N–H and O–H groups in total. The van der Waals surface area contributed by atoms with E-state index in [0.29, 0.717) is 10.2 Å². The zero-order chi connectivity index (χ0) is 15.6. The Balaban J connectivity index is 2.26. The van der Waals surface area contributed by atoms with Gasteiger partial charge in [0.2, 0.25) is 16.0 Å². The summed E-state index contributed by atoms with van der Waals surface area (Å²) >= 11 is 3.13. The summed E-state index contributed by atoms with van der Waals surface area (Å²) in [5.41, 5.74) is 0.205. The number of sulfonamides is 1. The van der Waals surface area contributed by atoms with E-state index in [0.717, 1.165) is 6.07 Å². The molecule has 0 spiro atoms. The molecule has 21 heavy (non-hydrogen) atoms. The molecule has 0 radical (unpaired) electrons. The molecule has 9 heteroatoms. The van der Waals surface area contributed by atoms with Crippen LogP contribution in [0, 0.1) is 5.95 Å². The highest BCUT2D eigenvalue weighted by Crippen LogP contribution is 2.25. The lowest BCUT2D eigenvalue weighted by Crippen LogP contribution is -2.15. The Morgan fingerprint density at radius 1 is 1.29 bits per heavy atom. The van der Waals surface area contributed by atoms with E-state index in [4.69, 9.17) is 5.14 Å². The van der Waals surface area contributed by atoms with Crippen molar-refractivity contribution in [3.05, 3.63) is 52.5 Å². The number of nitrogens with two attached hydrogens (primary N) is 1. The normalized spacial score (nSPS) is 11.2. The predicted octanol–water partition coefficient (Wildman–Crippen LogP) is 1.88. The predicted molar refractivity (Wildman–Crippen MR) is 77.7 cm³/mol. The number of halogens is 2. The number of benzene rings is 1. The van der Waals surface area contributed by atoms with Gasteiger partial charge in [0.15, 0.2) is 0 Å². The number of hydrogen-bond donors (Lipinski definition) is 2. The third-order valence-corrected chi connectivity index (χ3v) is 4.03. The molecule has 0 unspecified atom stereocenters. The van der Waals surface area contributed by atoms with E-state index >= 15 is 0 Å². The van der Waals surface area contributed by atoms with Crippen LogP contribution in [-0.4, -0.2) is 19.3 Å². The molecule has 0 aliphatic rings. The zero-order valence-electron chi connectivity index (χ0n) is 10.4. The highest BCUT2D eigenvalue weighted by atomic mass is 79.9. The van der Waals surface area contributed by atoms with Crippen LogP contribution in [0.5, 0.6) is 0 Å². The summed E-state index contributed by atoms with van der Waals surface area (Å²) in [5, 5.41) is 7.48. The van der Waals surface area contributed by atoms with Crippen LogP contribution in [0.3, 0.4) is 0 Å². The molecule has 110 valence electrons. The van der Waals surface area contributed by atoms with Crippen LogP contribution in [0.4, 0.5) is 10.1 Å². The van der Waals surface area contributed by atoms with Gasteiger partial charge in [0, 0.05) is 4.47 Å². The van der Waals surface area contributed by atoms with Gasteiger partial charge in [-0.2, -0.15) is 4.39 Å². The number of carbonyl (C=O) groups is 1.